The Hall–Kier alpha value is -0.360. The third-order valence-corrected chi connectivity index (χ3v) is 3.01. The fourth-order valence-electron chi connectivity index (χ4n) is 0.963. The molecule has 0 amide bonds. The van der Waals surface area contributed by atoms with Gasteiger partial charge in [0.15, 0.2) is 5.13 Å². The quantitative estimate of drug-likeness (QED) is 0.657. The van der Waals surface area contributed by atoms with E-state index in [1.165, 1.54) is 0 Å². The molecule has 0 aliphatic carbocycles. The number of hydrogen-bond donors (Lipinski definition) is 3. The molecular formula is C7H11ClN2O2S. The molecule has 1 heterocycles. The summed E-state index contributed by atoms with van der Waals surface area (Å²) in [4.78, 5) is 4.51. The van der Waals surface area contributed by atoms with E-state index in [1.807, 2.05) is 0 Å². The minimum atomic E-state index is -0.993. The van der Waals surface area contributed by atoms with Gasteiger partial charge in [0.2, 0.25) is 0 Å². The molecule has 4 N–H and O–H groups in total. The van der Waals surface area contributed by atoms with E-state index in [2.05, 4.69) is 4.98 Å². The summed E-state index contributed by atoms with van der Waals surface area (Å²) in [7, 11) is 0. The number of aryl methyl sites for hydroxylation is 1. The molecule has 0 spiro atoms. The average Bonchev–Trinajstić information content (AvgIpc) is 2.42. The molecule has 1 rings (SSSR count). The summed E-state index contributed by atoms with van der Waals surface area (Å²) < 4.78 is 0. The highest BCUT2D eigenvalue weighted by atomic mass is 35.5. The maximum absolute atomic E-state index is 9.56. The standard InChI is InChI=1S/C7H11ClN2O2S/c1-3-6(13-7(9)10-3)5(12)4(11)2-8/h4-5,11-12H,2H2,1H3,(H2,9,10). The Kier molecular flexibility index (Phi) is 3.49. The summed E-state index contributed by atoms with van der Waals surface area (Å²) in [5.74, 6) is -0.0155. The van der Waals surface area contributed by atoms with E-state index in [1.54, 1.807) is 6.92 Å². The molecule has 0 fully saturated rings. The van der Waals surface area contributed by atoms with Crippen molar-refractivity contribution in [2.45, 2.75) is 19.1 Å². The number of nitrogens with two attached hydrogens (primary N) is 1. The van der Waals surface area contributed by atoms with Gasteiger partial charge in [-0.3, -0.25) is 0 Å². The largest absolute Gasteiger partial charge is 0.389 e. The van der Waals surface area contributed by atoms with Crippen molar-refractivity contribution < 1.29 is 10.2 Å². The molecule has 0 aromatic carbocycles. The predicted molar refractivity (Wildman–Crippen MR) is 53.0 cm³/mol. The van der Waals surface area contributed by atoms with E-state index in [0.717, 1.165) is 11.3 Å². The Balaban J connectivity index is 2.87. The molecule has 2 unspecified atom stereocenters. The van der Waals surface area contributed by atoms with Crippen LogP contribution in [-0.4, -0.2) is 27.2 Å². The third-order valence-electron chi connectivity index (χ3n) is 1.64. The number of rotatable bonds is 3. The first kappa shape index (κ1) is 10.7. The summed E-state index contributed by atoms with van der Waals surface area (Å²) in [6.07, 6.45) is -1.97. The second-order valence-corrected chi connectivity index (χ2v) is 4.04. The lowest BCUT2D eigenvalue weighted by Crippen LogP contribution is -2.19. The van der Waals surface area contributed by atoms with Crippen LogP contribution in [0.25, 0.3) is 0 Å². The van der Waals surface area contributed by atoms with Gasteiger partial charge in [0.05, 0.1) is 22.6 Å². The van der Waals surface area contributed by atoms with Crippen LogP contribution >= 0.6 is 22.9 Å². The van der Waals surface area contributed by atoms with Crippen LogP contribution in [0.3, 0.4) is 0 Å². The van der Waals surface area contributed by atoms with Gasteiger partial charge in [0, 0.05) is 0 Å². The fraction of sp³-hybridized carbons (Fsp3) is 0.571. The van der Waals surface area contributed by atoms with Crippen molar-refractivity contribution >= 4 is 28.1 Å². The molecule has 13 heavy (non-hydrogen) atoms. The number of aliphatic hydroxyl groups excluding tert-OH is 2. The molecule has 2 atom stereocenters. The average molecular weight is 223 g/mol. The van der Waals surface area contributed by atoms with Gasteiger partial charge in [0.25, 0.3) is 0 Å². The van der Waals surface area contributed by atoms with Gasteiger partial charge in [-0.2, -0.15) is 0 Å². The Bertz CT molecular complexity index is 292. The SMILES string of the molecule is Cc1nc(N)sc1C(O)C(O)CCl. The molecule has 4 nitrogen and oxygen atoms in total. The predicted octanol–water partition coefficient (Wildman–Crippen LogP) is 0.667. The number of aliphatic hydroxyl groups is 2. The van der Waals surface area contributed by atoms with Crippen molar-refractivity contribution in [2.75, 3.05) is 11.6 Å². The highest BCUT2D eigenvalue weighted by Crippen LogP contribution is 2.28. The summed E-state index contributed by atoms with van der Waals surface area (Å²) in [6.45, 7) is 1.73. The highest BCUT2D eigenvalue weighted by molar-refractivity contribution is 7.15. The number of nitrogens with zero attached hydrogens (tertiary/aromatic N) is 1. The molecule has 0 radical (unpaired) electrons. The van der Waals surface area contributed by atoms with E-state index in [0.29, 0.717) is 15.7 Å². The normalized spacial score (nSPS) is 15.7. The van der Waals surface area contributed by atoms with Crippen LogP contribution in [0.1, 0.15) is 16.7 Å². The van der Waals surface area contributed by atoms with Gasteiger partial charge in [-0.25, -0.2) is 4.98 Å². The number of hydrogen-bond acceptors (Lipinski definition) is 5. The zero-order chi connectivity index (χ0) is 10.0. The van der Waals surface area contributed by atoms with Crippen molar-refractivity contribution in [2.24, 2.45) is 0 Å². The van der Waals surface area contributed by atoms with Crippen LogP contribution in [0.4, 0.5) is 5.13 Å². The zero-order valence-corrected chi connectivity index (χ0v) is 8.64. The van der Waals surface area contributed by atoms with E-state index < -0.39 is 12.2 Å². The lowest BCUT2D eigenvalue weighted by Gasteiger charge is -2.13. The maximum Gasteiger partial charge on any atom is 0.180 e. The van der Waals surface area contributed by atoms with Crippen molar-refractivity contribution in [1.82, 2.24) is 4.98 Å². The number of nitrogen functional groups attached to an aromatic ring is 1. The summed E-state index contributed by atoms with van der Waals surface area (Å²) in [6, 6.07) is 0. The number of anilines is 1. The molecule has 6 heteroatoms. The molecule has 0 saturated carbocycles. The Morgan fingerprint density at radius 3 is 2.62 bits per heavy atom. The van der Waals surface area contributed by atoms with Crippen molar-refractivity contribution in [3.05, 3.63) is 10.6 Å². The molecule has 1 aromatic rings. The molecule has 0 aliphatic heterocycles. The van der Waals surface area contributed by atoms with E-state index >= 15 is 0 Å². The lowest BCUT2D eigenvalue weighted by molar-refractivity contribution is 0.0345. The van der Waals surface area contributed by atoms with Crippen molar-refractivity contribution in [3.8, 4) is 0 Å². The fourth-order valence-corrected chi connectivity index (χ4v) is 2.01. The summed E-state index contributed by atoms with van der Waals surface area (Å²) >= 11 is 6.56. The first-order chi connectivity index (χ1) is 6.06. The Morgan fingerprint density at radius 2 is 2.23 bits per heavy atom. The highest BCUT2D eigenvalue weighted by Gasteiger charge is 2.22. The van der Waals surface area contributed by atoms with Crippen LogP contribution in [-0.2, 0) is 0 Å². The third kappa shape index (κ3) is 2.31. The number of thiazole rings is 1. The first-order valence-corrected chi connectivity index (χ1v) is 5.06. The topological polar surface area (TPSA) is 79.4 Å². The second kappa shape index (κ2) is 4.23. The molecule has 1 aromatic heterocycles. The maximum atomic E-state index is 9.56. The van der Waals surface area contributed by atoms with Crippen LogP contribution in [0.5, 0.6) is 0 Å². The van der Waals surface area contributed by atoms with Crippen molar-refractivity contribution in [1.29, 1.82) is 0 Å². The van der Waals surface area contributed by atoms with E-state index in [-0.39, 0.29) is 5.88 Å². The minimum Gasteiger partial charge on any atom is -0.389 e. The van der Waals surface area contributed by atoms with E-state index in [9.17, 15) is 10.2 Å². The van der Waals surface area contributed by atoms with Crippen LogP contribution < -0.4 is 5.73 Å². The Morgan fingerprint density at radius 1 is 1.62 bits per heavy atom. The Labute approximate surface area is 85.0 Å². The molecule has 0 bridgehead atoms. The molecule has 74 valence electrons. The monoisotopic (exact) mass is 222 g/mol. The number of alkyl halides is 1. The minimum absolute atomic E-state index is 0.0155. The number of halogens is 1. The van der Waals surface area contributed by atoms with Gasteiger partial charge in [-0.05, 0) is 6.92 Å². The van der Waals surface area contributed by atoms with Gasteiger partial charge in [0.1, 0.15) is 6.10 Å². The van der Waals surface area contributed by atoms with Crippen LogP contribution in [0, 0.1) is 6.92 Å². The molecule has 0 aliphatic rings. The van der Waals surface area contributed by atoms with E-state index in [4.69, 9.17) is 17.3 Å². The molecular weight excluding hydrogens is 212 g/mol. The van der Waals surface area contributed by atoms with Gasteiger partial charge in [-0.1, -0.05) is 11.3 Å². The summed E-state index contributed by atoms with van der Waals surface area (Å²) in [5.41, 5.74) is 6.08. The zero-order valence-electron chi connectivity index (χ0n) is 7.07. The first-order valence-electron chi connectivity index (χ1n) is 3.71. The summed E-state index contributed by atoms with van der Waals surface area (Å²) in [5, 5.41) is 19.2. The van der Waals surface area contributed by atoms with Gasteiger partial charge >= 0.3 is 0 Å². The smallest absolute Gasteiger partial charge is 0.180 e. The second-order valence-electron chi connectivity index (χ2n) is 2.67. The van der Waals surface area contributed by atoms with Crippen molar-refractivity contribution in [3.63, 3.8) is 0 Å². The lowest BCUT2D eigenvalue weighted by atomic mass is 10.2. The van der Waals surface area contributed by atoms with Gasteiger partial charge in [-0.15, -0.1) is 11.6 Å². The van der Waals surface area contributed by atoms with Crippen LogP contribution in [0.2, 0.25) is 0 Å². The molecule has 0 saturated heterocycles. The van der Waals surface area contributed by atoms with Gasteiger partial charge < -0.3 is 15.9 Å². The van der Waals surface area contributed by atoms with Crippen LogP contribution in [0.15, 0.2) is 0 Å². The number of aromatic nitrogens is 1.